The third kappa shape index (κ3) is 9.70. The number of ether oxygens (including phenoxy) is 2. The number of carbonyl (C=O) groups is 3. The number of carbonyl (C=O) groups excluding carboxylic acids is 3. The van der Waals surface area contributed by atoms with Crippen LogP contribution in [0.25, 0.3) is 0 Å². The third-order valence-electron chi connectivity index (χ3n) is 7.65. The summed E-state index contributed by atoms with van der Waals surface area (Å²) in [5.74, 6) is -1.61. The molecular weight excluding hydrogens is 550 g/mol. The molecule has 6 heteroatoms. The second-order valence-electron chi connectivity index (χ2n) is 13.6. The Hall–Kier alpha value is -3.61. The van der Waals surface area contributed by atoms with Crippen molar-refractivity contribution in [3.63, 3.8) is 0 Å². The number of nitrogens with two attached hydrogens (primary N) is 1. The molecule has 3 aromatic rings. The van der Waals surface area contributed by atoms with Crippen LogP contribution in [0.1, 0.15) is 90.8 Å². The molecule has 44 heavy (non-hydrogen) atoms. The quantitative estimate of drug-likeness (QED) is 0.155. The van der Waals surface area contributed by atoms with E-state index in [4.69, 9.17) is 15.2 Å². The van der Waals surface area contributed by atoms with Gasteiger partial charge in [0.1, 0.15) is 11.4 Å². The van der Waals surface area contributed by atoms with E-state index in [1.54, 1.807) is 27.7 Å². The highest BCUT2D eigenvalue weighted by Gasteiger charge is 2.39. The highest BCUT2D eigenvalue weighted by atomic mass is 16.6. The SMILES string of the molecule is CC(OC(C)(C)C)[C@H](CC(=O)[C@@H](N)CCC(=O)CC(c1ccccc1)(c1ccccc1)c1ccccc1)C(=O)OC(C)(C)C. The minimum Gasteiger partial charge on any atom is -0.460 e. The van der Waals surface area contributed by atoms with Gasteiger partial charge in [-0.1, -0.05) is 91.0 Å². The minimum absolute atomic E-state index is 0.00191. The lowest BCUT2D eigenvalue weighted by molar-refractivity contribution is -0.171. The molecule has 0 aliphatic carbocycles. The lowest BCUT2D eigenvalue weighted by atomic mass is 9.66. The van der Waals surface area contributed by atoms with Gasteiger partial charge in [0, 0.05) is 19.3 Å². The molecule has 0 amide bonds. The van der Waals surface area contributed by atoms with Gasteiger partial charge in [0.05, 0.1) is 29.1 Å². The Morgan fingerprint density at radius 3 is 1.52 bits per heavy atom. The van der Waals surface area contributed by atoms with Gasteiger partial charge in [-0.2, -0.15) is 0 Å². The summed E-state index contributed by atoms with van der Waals surface area (Å²) in [6, 6.07) is 29.3. The predicted octanol–water partition coefficient (Wildman–Crippen LogP) is 7.21. The van der Waals surface area contributed by atoms with Crippen LogP contribution < -0.4 is 5.73 Å². The zero-order valence-electron chi connectivity index (χ0n) is 27.3. The first-order valence-electron chi connectivity index (χ1n) is 15.5. The standard InChI is InChI=1S/C38H49NO5/c1-27(43-36(2,3)4)32(35(42)44-37(5,6)7)25-34(41)33(39)24-23-31(40)26-38(28-17-11-8-12-18-28,29-19-13-9-14-20-29)30-21-15-10-16-22-30/h8-22,27,32-33H,23-26,39H2,1-7H3/t27?,32-,33-/m0/s1. The van der Waals surface area contributed by atoms with Crippen LogP contribution in [0.2, 0.25) is 0 Å². The van der Waals surface area contributed by atoms with Crippen molar-refractivity contribution < 1.29 is 23.9 Å². The fourth-order valence-corrected chi connectivity index (χ4v) is 5.66. The zero-order chi connectivity index (χ0) is 32.5. The molecule has 0 radical (unpaired) electrons. The third-order valence-corrected chi connectivity index (χ3v) is 7.65. The molecule has 0 spiro atoms. The molecule has 1 unspecified atom stereocenters. The van der Waals surface area contributed by atoms with Crippen molar-refractivity contribution in [3.05, 3.63) is 108 Å². The summed E-state index contributed by atoms with van der Waals surface area (Å²) in [6.45, 7) is 12.8. The maximum Gasteiger partial charge on any atom is 0.312 e. The summed E-state index contributed by atoms with van der Waals surface area (Å²) in [5.41, 5.74) is 7.47. The van der Waals surface area contributed by atoms with Crippen LogP contribution in [-0.2, 0) is 29.3 Å². The Kier molecular flexibility index (Phi) is 11.8. The van der Waals surface area contributed by atoms with Gasteiger partial charge in [-0.3, -0.25) is 14.4 Å². The molecule has 6 nitrogen and oxygen atoms in total. The Morgan fingerprint density at radius 2 is 1.14 bits per heavy atom. The number of rotatable bonds is 14. The van der Waals surface area contributed by atoms with Crippen LogP contribution in [0.3, 0.4) is 0 Å². The summed E-state index contributed by atoms with van der Waals surface area (Å²) >= 11 is 0. The van der Waals surface area contributed by atoms with E-state index in [9.17, 15) is 14.4 Å². The molecule has 2 N–H and O–H groups in total. The number of esters is 1. The van der Waals surface area contributed by atoms with Gasteiger partial charge < -0.3 is 15.2 Å². The first-order valence-corrected chi connectivity index (χ1v) is 15.5. The maximum absolute atomic E-state index is 13.8. The summed E-state index contributed by atoms with van der Waals surface area (Å²) in [4.78, 5) is 40.3. The summed E-state index contributed by atoms with van der Waals surface area (Å²) < 4.78 is 11.7. The number of Topliss-reactive ketones (excluding diaryl/α,β-unsaturated/α-hetero) is 2. The van der Waals surface area contributed by atoms with Crippen molar-refractivity contribution in [2.45, 2.75) is 103 Å². The molecule has 0 aliphatic rings. The highest BCUT2D eigenvalue weighted by molar-refractivity contribution is 5.89. The Bertz CT molecular complexity index is 1260. The number of benzene rings is 3. The molecule has 3 aromatic carbocycles. The maximum atomic E-state index is 13.8. The molecule has 0 bridgehead atoms. The van der Waals surface area contributed by atoms with Crippen LogP contribution in [0.15, 0.2) is 91.0 Å². The van der Waals surface area contributed by atoms with Crippen molar-refractivity contribution in [2.24, 2.45) is 11.7 Å². The molecule has 3 rings (SSSR count). The van der Waals surface area contributed by atoms with Gasteiger partial charge in [-0.25, -0.2) is 0 Å². The van der Waals surface area contributed by atoms with Crippen molar-refractivity contribution >= 4 is 17.5 Å². The molecule has 0 aliphatic heterocycles. The first kappa shape index (κ1) is 34.9. The van der Waals surface area contributed by atoms with E-state index in [1.807, 2.05) is 75.4 Å². The molecule has 0 heterocycles. The zero-order valence-corrected chi connectivity index (χ0v) is 27.3. The lowest BCUT2D eigenvalue weighted by Crippen LogP contribution is -2.42. The molecule has 0 fully saturated rings. The fourth-order valence-electron chi connectivity index (χ4n) is 5.66. The van der Waals surface area contributed by atoms with Gasteiger partial charge in [0.25, 0.3) is 0 Å². The predicted molar refractivity (Wildman–Crippen MR) is 175 cm³/mol. The number of hydrogen-bond donors (Lipinski definition) is 1. The van der Waals surface area contributed by atoms with Crippen LogP contribution >= 0.6 is 0 Å². The van der Waals surface area contributed by atoms with Crippen molar-refractivity contribution in [1.82, 2.24) is 0 Å². The smallest absolute Gasteiger partial charge is 0.312 e. The molecule has 0 aromatic heterocycles. The van der Waals surface area contributed by atoms with Crippen LogP contribution in [0, 0.1) is 5.92 Å². The largest absolute Gasteiger partial charge is 0.460 e. The van der Waals surface area contributed by atoms with Gasteiger partial charge in [0.15, 0.2) is 5.78 Å². The van der Waals surface area contributed by atoms with Gasteiger partial charge in [0.2, 0.25) is 0 Å². The first-order chi connectivity index (χ1) is 20.6. The van der Waals surface area contributed by atoms with E-state index in [0.29, 0.717) is 0 Å². The Labute approximate surface area is 263 Å². The molecule has 0 saturated carbocycles. The normalized spacial score (nSPS) is 14.4. The number of hydrogen-bond acceptors (Lipinski definition) is 6. The van der Waals surface area contributed by atoms with Crippen molar-refractivity contribution in [3.8, 4) is 0 Å². The molecule has 3 atom stereocenters. The van der Waals surface area contributed by atoms with E-state index < -0.39 is 40.7 Å². The fraction of sp³-hybridized carbons (Fsp3) is 0.447. The number of ketones is 2. The van der Waals surface area contributed by atoms with Crippen LogP contribution in [0.5, 0.6) is 0 Å². The molecule has 236 valence electrons. The summed E-state index contributed by atoms with van der Waals surface area (Å²) in [7, 11) is 0. The minimum atomic E-state index is -0.898. The van der Waals surface area contributed by atoms with Gasteiger partial charge in [-0.05, 0) is 71.6 Å². The average Bonchev–Trinajstić information content (AvgIpc) is 2.96. The van der Waals surface area contributed by atoms with Gasteiger partial charge >= 0.3 is 5.97 Å². The van der Waals surface area contributed by atoms with Gasteiger partial charge in [-0.15, -0.1) is 0 Å². The van der Waals surface area contributed by atoms with E-state index in [2.05, 4.69) is 36.4 Å². The topological polar surface area (TPSA) is 95.7 Å². The van der Waals surface area contributed by atoms with Crippen LogP contribution in [-0.4, -0.2) is 40.9 Å². The monoisotopic (exact) mass is 599 g/mol. The Morgan fingerprint density at radius 1 is 0.705 bits per heavy atom. The molecular formula is C38H49NO5. The highest BCUT2D eigenvalue weighted by Crippen LogP contribution is 2.42. The van der Waals surface area contributed by atoms with Crippen molar-refractivity contribution in [1.29, 1.82) is 0 Å². The summed E-state index contributed by atoms with van der Waals surface area (Å²) in [6.07, 6.45) is -0.161. The van der Waals surface area contributed by atoms with E-state index in [1.165, 1.54) is 0 Å². The van der Waals surface area contributed by atoms with Crippen LogP contribution in [0.4, 0.5) is 0 Å². The Balaban J connectivity index is 1.81. The van der Waals surface area contributed by atoms with E-state index >= 15 is 0 Å². The second kappa shape index (κ2) is 14.9. The summed E-state index contributed by atoms with van der Waals surface area (Å²) in [5, 5.41) is 0. The van der Waals surface area contributed by atoms with Crippen molar-refractivity contribution in [2.75, 3.05) is 0 Å². The van der Waals surface area contributed by atoms with E-state index in [-0.39, 0.29) is 37.2 Å². The lowest BCUT2D eigenvalue weighted by Gasteiger charge is -2.35. The van der Waals surface area contributed by atoms with E-state index in [0.717, 1.165) is 16.7 Å². The average molecular weight is 600 g/mol. The second-order valence-corrected chi connectivity index (χ2v) is 13.6. The molecule has 0 saturated heterocycles.